The molecule has 1 aromatic carbocycles. The molecule has 0 spiro atoms. The van der Waals surface area contributed by atoms with Gasteiger partial charge in [-0.3, -0.25) is 9.80 Å². The molecular weight excluding hydrogens is 326 g/mol. The van der Waals surface area contributed by atoms with E-state index in [4.69, 9.17) is 4.74 Å². The minimum atomic E-state index is 0.206. The van der Waals surface area contributed by atoms with Gasteiger partial charge >= 0.3 is 0 Å². The predicted octanol–water partition coefficient (Wildman–Crippen LogP) is 1.49. The van der Waals surface area contributed by atoms with E-state index in [0.29, 0.717) is 6.61 Å². The van der Waals surface area contributed by atoms with E-state index >= 15 is 0 Å². The molecule has 2 aliphatic heterocycles. The number of ether oxygens (including phenoxy) is 1. The Hall–Kier alpha value is -0.980. The third-order valence-corrected chi connectivity index (χ3v) is 5.86. The van der Waals surface area contributed by atoms with E-state index in [2.05, 4.69) is 47.7 Å². The summed E-state index contributed by atoms with van der Waals surface area (Å²) in [5.41, 5.74) is 5.64. The monoisotopic (exact) mass is 361 g/mol. The first-order valence-corrected chi connectivity index (χ1v) is 9.96. The molecule has 1 N–H and O–H groups in total. The molecule has 2 saturated heterocycles. The first-order chi connectivity index (χ1) is 12.5. The van der Waals surface area contributed by atoms with E-state index in [0.717, 1.165) is 59.0 Å². The summed E-state index contributed by atoms with van der Waals surface area (Å²) >= 11 is 0. The van der Waals surface area contributed by atoms with E-state index in [9.17, 15) is 5.11 Å². The van der Waals surface area contributed by atoms with E-state index in [1.54, 1.807) is 0 Å². The van der Waals surface area contributed by atoms with Gasteiger partial charge < -0.3 is 14.7 Å². The summed E-state index contributed by atoms with van der Waals surface area (Å²) < 4.78 is 5.64. The quantitative estimate of drug-likeness (QED) is 0.860. The highest BCUT2D eigenvalue weighted by atomic mass is 16.5. The Morgan fingerprint density at radius 2 is 1.62 bits per heavy atom. The largest absolute Gasteiger partial charge is 0.396 e. The highest BCUT2D eigenvalue weighted by molar-refractivity contribution is 5.37. The van der Waals surface area contributed by atoms with Crippen LogP contribution in [-0.4, -0.2) is 85.9 Å². The van der Waals surface area contributed by atoms with Crippen molar-refractivity contribution in [1.29, 1.82) is 0 Å². The molecule has 0 bridgehead atoms. The Balaban J connectivity index is 1.68. The highest BCUT2D eigenvalue weighted by Gasteiger charge is 2.20. The summed E-state index contributed by atoms with van der Waals surface area (Å²) in [6.07, 6.45) is 0. The topological polar surface area (TPSA) is 39.2 Å². The summed E-state index contributed by atoms with van der Waals surface area (Å²) in [5.74, 6) is 0.230. The lowest BCUT2D eigenvalue weighted by Gasteiger charge is -2.33. The molecule has 0 radical (unpaired) electrons. The fourth-order valence-electron chi connectivity index (χ4n) is 3.98. The Labute approximate surface area is 158 Å². The predicted molar refractivity (Wildman–Crippen MR) is 105 cm³/mol. The molecule has 2 heterocycles. The smallest absolute Gasteiger partial charge is 0.0593 e. The molecule has 0 amide bonds. The van der Waals surface area contributed by atoms with Gasteiger partial charge in [0.05, 0.1) is 13.2 Å². The van der Waals surface area contributed by atoms with Crippen LogP contribution in [0.2, 0.25) is 0 Å². The van der Waals surface area contributed by atoms with Crippen molar-refractivity contribution in [2.75, 3.05) is 66.1 Å². The van der Waals surface area contributed by atoms with Crippen LogP contribution in [-0.2, 0) is 17.8 Å². The average molecular weight is 362 g/mol. The van der Waals surface area contributed by atoms with Crippen LogP contribution in [0.4, 0.5) is 0 Å². The zero-order valence-corrected chi connectivity index (χ0v) is 16.7. The molecule has 1 aromatic rings. The van der Waals surface area contributed by atoms with Crippen molar-refractivity contribution in [2.24, 2.45) is 5.92 Å². The molecule has 0 unspecified atom stereocenters. The maximum atomic E-state index is 9.52. The Morgan fingerprint density at radius 3 is 2.27 bits per heavy atom. The zero-order chi connectivity index (χ0) is 18.5. The summed E-state index contributed by atoms with van der Waals surface area (Å²) in [6, 6.07) is 4.77. The Morgan fingerprint density at radius 1 is 0.962 bits per heavy atom. The summed E-state index contributed by atoms with van der Waals surface area (Å²) in [6.45, 7) is 14.6. The molecule has 26 heavy (non-hydrogen) atoms. The van der Waals surface area contributed by atoms with Gasteiger partial charge in [-0.1, -0.05) is 12.1 Å². The van der Waals surface area contributed by atoms with Crippen LogP contribution >= 0.6 is 0 Å². The molecule has 1 atom stereocenters. The van der Waals surface area contributed by atoms with Gasteiger partial charge in [-0.05, 0) is 43.1 Å². The van der Waals surface area contributed by atoms with Crippen LogP contribution in [0.25, 0.3) is 0 Å². The second-order valence-corrected chi connectivity index (χ2v) is 8.14. The number of likely N-dealkylation sites (N-methyl/N-ethyl adjacent to an activating group) is 1. The number of hydrogen-bond donors (Lipinski definition) is 1. The van der Waals surface area contributed by atoms with Gasteiger partial charge in [0.2, 0.25) is 0 Å². The van der Waals surface area contributed by atoms with Crippen molar-refractivity contribution in [2.45, 2.75) is 26.9 Å². The first kappa shape index (κ1) is 19.8. The fourth-order valence-corrected chi connectivity index (χ4v) is 3.98. The Kier molecular flexibility index (Phi) is 7.06. The SMILES string of the molecule is Cc1cc(C)c(CN2CCOC[C@H](CO)C2)cc1CN1CCN(C)CC1. The number of benzene rings is 1. The van der Waals surface area contributed by atoms with Crippen LogP contribution < -0.4 is 0 Å². The second kappa shape index (κ2) is 9.29. The molecule has 5 heteroatoms. The van der Waals surface area contributed by atoms with Gasteiger partial charge in [0.15, 0.2) is 0 Å². The van der Waals surface area contributed by atoms with Crippen molar-refractivity contribution in [3.63, 3.8) is 0 Å². The number of aryl methyl sites for hydroxylation is 2. The third kappa shape index (κ3) is 5.27. The first-order valence-electron chi connectivity index (χ1n) is 9.96. The van der Waals surface area contributed by atoms with E-state index in [1.165, 1.54) is 22.3 Å². The van der Waals surface area contributed by atoms with Crippen molar-refractivity contribution in [3.8, 4) is 0 Å². The molecule has 2 aliphatic rings. The van der Waals surface area contributed by atoms with Gasteiger partial charge in [0.1, 0.15) is 0 Å². The minimum Gasteiger partial charge on any atom is -0.396 e. The molecule has 5 nitrogen and oxygen atoms in total. The van der Waals surface area contributed by atoms with Gasteiger partial charge in [0.25, 0.3) is 0 Å². The number of nitrogens with zero attached hydrogens (tertiary/aromatic N) is 3. The lowest BCUT2D eigenvalue weighted by molar-refractivity contribution is 0.0958. The van der Waals surface area contributed by atoms with Crippen LogP contribution in [0.15, 0.2) is 12.1 Å². The molecule has 2 fully saturated rings. The Bertz CT molecular complexity index is 585. The summed E-state index contributed by atoms with van der Waals surface area (Å²) in [7, 11) is 2.21. The van der Waals surface area contributed by atoms with E-state index in [-0.39, 0.29) is 12.5 Å². The summed E-state index contributed by atoms with van der Waals surface area (Å²) in [4.78, 5) is 7.41. The number of hydrogen-bond acceptors (Lipinski definition) is 5. The number of rotatable bonds is 5. The van der Waals surface area contributed by atoms with Gasteiger partial charge in [-0.15, -0.1) is 0 Å². The van der Waals surface area contributed by atoms with Gasteiger partial charge in [-0.25, -0.2) is 0 Å². The summed E-state index contributed by atoms with van der Waals surface area (Å²) in [5, 5.41) is 9.52. The molecule has 0 aromatic heterocycles. The number of piperazine rings is 1. The molecular formula is C21H35N3O2. The lowest BCUT2D eigenvalue weighted by atomic mass is 9.98. The maximum absolute atomic E-state index is 9.52. The van der Waals surface area contributed by atoms with E-state index < -0.39 is 0 Å². The third-order valence-electron chi connectivity index (χ3n) is 5.86. The van der Waals surface area contributed by atoms with E-state index in [1.807, 2.05) is 0 Å². The lowest BCUT2D eigenvalue weighted by Crippen LogP contribution is -2.44. The number of aliphatic hydroxyl groups is 1. The molecule has 0 saturated carbocycles. The highest BCUT2D eigenvalue weighted by Crippen LogP contribution is 2.21. The van der Waals surface area contributed by atoms with Crippen LogP contribution in [0.1, 0.15) is 22.3 Å². The molecule has 3 rings (SSSR count). The van der Waals surface area contributed by atoms with Gasteiger partial charge in [-0.2, -0.15) is 0 Å². The fraction of sp³-hybridized carbons (Fsp3) is 0.714. The average Bonchev–Trinajstić information content (AvgIpc) is 2.86. The van der Waals surface area contributed by atoms with Gasteiger partial charge in [0, 0.05) is 64.9 Å². The van der Waals surface area contributed by atoms with Crippen molar-refractivity contribution >= 4 is 0 Å². The van der Waals surface area contributed by atoms with Crippen LogP contribution in [0.3, 0.4) is 0 Å². The minimum absolute atomic E-state index is 0.206. The number of aliphatic hydroxyl groups excluding tert-OH is 1. The van der Waals surface area contributed by atoms with Crippen molar-refractivity contribution in [1.82, 2.24) is 14.7 Å². The van der Waals surface area contributed by atoms with Crippen LogP contribution in [0, 0.1) is 19.8 Å². The second-order valence-electron chi connectivity index (χ2n) is 8.14. The van der Waals surface area contributed by atoms with Crippen LogP contribution in [0.5, 0.6) is 0 Å². The zero-order valence-electron chi connectivity index (χ0n) is 16.7. The maximum Gasteiger partial charge on any atom is 0.0593 e. The molecule has 146 valence electrons. The standard InChI is InChI=1S/C21H35N3O2/c1-17-10-18(2)21(14-24-8-9-26-16-19(12-24)15-25)11-20(17)13-23-6-4-22(3)5-7-23/h10-11,19,25H,4-9,12-16H2,1-3H3/t19-/m0/s1. The molecule has 0 aliphatic carbocycles. The van der Waals surface area contributed by atoms with Crippen molar-refractivity contribution in [3.05, 3.63) is 34.4 Å². The normalized spacial score (nSPS) is 23.9. The van der Waals surface area contributed by atoms with Crippen molar-refractivity contribution < 1.29 is 9.84 Å².